The van der Waals surface area contributed by atoms with E-state index in [2.05, 4.69) is 14.5 Å². The number of aromatic nitrogens is 3. The number of fused-ring (bicyclic) bond motifs is 2. The zero-order chi connectivity index (χ0) is 20.2. The summed E-state index contributed by atoms with van der Waals surface area (Å²) in [5.41, 5.74) is 0.133. The molecule has 0 radical (unpaired) electrons. The van der Waals surface area contributed by atoms with Crippen molar-refractivity contribution in [2.75, 3.05) is 0 Å². The number of hydrogen-bond donors (Lipinski definition) is 0. The second-order valence-electron chi connectivity index (χ2n) is 8.47. The molecule has 2 aliphatic rings. The van der Waals surface area contributed by atoms with Gasteiger partial charge in [0.25, 0.3) is 0 Å². The van der Waals surface area contributed by atoms with Crippen LogP contribution in [0, 0.1) is 5.41 Å². The predicted molar refractivity (Wildman–Crippen MR) is 106 cm³/mol. The van der Waals surface area contributed by atoms with Crippen LogP contribution in [0.4, 0.5) is 0 Å². The molecule has 0 N–H and O–H groups in total. The maximum absolute atomic E-state index is 11.9. The van der Waals surface area contributed by atoms with Crippen LogP contribution in [-0.2, 0) is 14.3 Å². The number of hydrogen-bond acceptors (Lipinski definition) is 6. The highest BCUT2D eigenvalue weighted by atomic mass is 16.8. The summed E-state index contributed by atoms with van der Waals surface area (Å²) >= 11 is 0. The molecular weight excluding hydrogens is 370 g/mol. The van der Waals surface area contributed by atoms with E-state index in [0.29, 0.717) is 18.1 Å². The minimum absolute atomic E-state index is 0.0750. The van der Waals surface area contributed by atoms with Crippen LogP contribution in [0.2, 0.25) is 0 Å². The Morgan fingerprint density at radius 3 is 2.69 bits per heavy atom. The van der Waals surface area contributed by atoms with Crippen molar-refractivity contribution in [3.05, 3.63) is 48.9 Å². The van der Waals surface area contributed by atoms with Crippen LogP contribution in [0.25, 0.3) is 11.0 Å². The molecule has 1 saturated carbocycles. The summed E-state index contributed by atoms with van der Waals surface area (Å²) in [6.07, 6.45) is 4.55. The maximum Gasteiger partial charge on any atom is 0.231 e. The first-order valence-corrected chi connectivity index (χ1v) is 9.77. The van der Waals surface area contributed by atoms with Crippen LogP contribution >= 0.6 is 0 Å². The van der Waals surface area contributed by atoms with E-state index in [1.165, 1.54) is 6.33 Å². The molecule has 2 aromatic heterocycles. The molecule has 1 saturated heterocycles. The summed E-state index contributed by atoms with van der Waals surface area (Å²) in [7, 11) is 0. The van der Waals surface area contributed by atoms with E-state index in [1.807, 2.05) is 63.4 Å². The topological polar surface area (TPSA) is 75.5 Å². The van der Waals surface area contributed by atoms with Gasteiger partial charge in [-0.05, 0) is 38.5 Å². The first-order valence-electron chi connectivity index (χ1n) is 9.77. The minimum atomic E-state index is -0.724. The molecule has 3 heterocycles. The third-order valence-electron chi connectivity index (χ3n) is 5.86. The number of benzene rings is 1. The van der Waals surface area contributed by atoms with Gasteiger partial charge in [0.05, 0.1) is 16.8 Å². The van der Waals surface area contributed by atoms with Gasteiger partial charge in [0, 0.05) is 6.20 Å². The van der Waals surface area contributed by atoms with E-state index in [0.717, 1.165) is 17.3 Å². The number of aldehydes is 1. The number of ether oxygens (including phenoxy) is 3. The first-order chi connectivity index (χ1) is 13.9. The standard InChI is InChI=1S/C22H23N3O4/c1-21(2)28-17-16(11-22(3,12-26)18(17)29-21)25-10-9-15-19(25)23-13-24-20(15)27-14-7-5-4-6-8-14/h4-10,12-13,16-18H,11H2,1-3H3. The zero-order valence-corrected chi connectivity index (χ0v) is 16.6. The maximum atomic E-state index is 11.9. The summed E-state index contributed by atoms with van der Waals surface area (Å²) in [5, 5.41) is 0.811. The van der Waals surface area contributed by atoms with Crippen LogP contribution in [0.1, 0.15) is 33.2 Å². The molecule has 29 heavy (non-hydrogen) atoms. The van der Waals surface area contributed by atoms with E-state index >= 15 is 0 Å². The Labute approximate surface area is 168 Å². The molecule has 5 rings (SSSR count). The fourth-order valence-corrected chi connectivity index (χ4v) is 4.53. The molecule has 0 amide bonds. The van der Waals surface area contributed by atoms with Gasteiger partial charge in [-0.15, -0.1) is 0 Å². The van der Waals surface area contributed by atoms with Crippen molar-refractivity contribution >= 4 is 17.3 Å². The van der Waals surface area contributed by atoms with Gasteiger partial charge in [0.1, 0.15) is 36.2 Å². The second kappa shape index (κ2) is 6.37. The predicted octanol–water partition coefficient (Wildman–Crippen LogP) is 3.89. The van der Waals surface area contributed by atoms with Gasteiger partial charge >= 0.3 is 0 Å². The highest BCUT2D eigenvalue weighted by Crippen LogP contribution is 2.52. The smallest absolute Gasteiger partial charge is 0.231 e. The molecule has 3 aromatic rings. The molecule has 0 bridgehead atoms. The Balaban J connectivity index is 1.54. The fraction of sp³-hybridized carbons (Fsp3) is 0.409. The van der Waals surface area contributed by atoms with Gasteiger partial charge in [0.2, 0.25) is 5.88 Å². The second-order valence-corrected chi connectivity index (χ2v) is 8.47. The Bertz CT molecular complexity index is 1060. The lowest BCUT2D eigenvalue weighted by Crippen LogP contribution is -2.34. The van der Waals surface area contributed by atoms with Crippen molar-refractivity contribution in [2.24, 2.45) is 5.41 Å². The molecule has 150 valence electrons. The summed E-state index contributed by atoms with van der Waals surface area (Å²) in [4.78, 5) is 20.7. The van der Waals surface area contributed by atoms with E-state index in [4.69, 9.17) is 14.2 Å². The fourth-order valence-electron chi connectivity index (χ4n) is 4.53. The Morgan fingerprint density at radius 2 is 1.93 bits per heavy atom. The lowest BCUT2D eigenvalue weighted by Gasteiger charge is -2.27. The van der Waals surface area contributed by atoms with Crippen LogP contribution in [0.15, 0.2) is 48.9 Å². The normalized spacial score (nSPS) is 30.4. The first kappa shape index (κ1) is 18.3. The van der Waals surface area contributed by atoms with E-state index < -0.39 is 11.2 Å². The summed E-state index contributed by atoms with van der Waals surface area (Å²) in [6, 6.07) is 11.4. The monoisotopic (exact) mass is 393 g/mol. The number of para-hydroxylation sites is 1. The molecule has 1 aromatic carbocycles. The van der Waals surface area contributed by atoms with E-state index in [9.17, 15) is 4.79 Å². The van der Waals surface area contributed by atoms with Crippen molar-refractivity contribution in [1.29, 1.82) is 0 Å². The van der Waals surface area contributed by atoms with Crippen molar-refractivity contribution in [3.63, 3.8) is 0 Å². The van der Waals surface area contributed by atoms with Gasteiger partial charge in [-0.25, -0.2) is 9.97 Å². The SMILES string of the molecule is CC1(C)OC2C(n3ccc4c(Oc5ccccc5)ncnc43)CC(C)(C=O)C2O1. The van der Waals surface area contributed by atoms with Crippen LogP contribution in [0.5, 0.6) is 11.6 Å². The van der Waals surface area contributed by atoms with Crippen LogP contribution in [0.3, 0.4) is 0 Å². The highest BCUT2D eigenvalue weighted by Gasteiger charge is 2.60. The molecule has 4 unspecified atom stereocenters. The Kier molecular flexibility index (Phi) is 4.01. The summed E-state index contributed by atoms with van der Waals surface area (Å²) in [5.74, 6) is 0.484. The molecule has 2 fully saturated rings. The van der Waals surface area contributed by atoms with Gasteiger partial charge in [-0.1, -0.05) is 25.1 Å². The largest absolute Gasteiger partial charge is 0.438 e. The average Bonchev–Trinajstić information content (AvgIpc) is 3.35. The number of carbonyl (C=O) groups excluding carboxylic acids is 1. The van der Waals surface area contributed by atoms with Gasteiger partial charge in [0.15, 0.2) is 5.79 Å². The molecule has 4 atom stereocenters. The molecule has 7 heteroatoms. The van der Waals surface area contributed by atoms with Crippen molar-refractivity contribution < 1.29 is 19.0 Å². The zero-order valence-electron chi connectivity index (χ0n) is 16.6. The molecule has 7 nitrogen and oxygen atoms in total. The average molecular weight is 393 g/mol. The quantitative estimate of drug-likeness (QED) is 0.626. The van der Waals surface area contributed by atoms with Crippen molar-refractivity contribution in [1.82, 2.24) is 14.5 Å². The Hall–Kier alpha value is -2.77. The molecule has 1 aliphatic heterocycles. The number of nitrogens with zero attached hydrogens (tertiary/aromatic N) is 3. The van der Waals surface area contributed by atoms with Gasteiger partial charge in [-0.3, -0.25) is 0 Å². The van der Waals surface area contributed by atoms with Crippen LogP contribution < -0.4 is 4.74 Å². The van der Waals surface area contributed by atoms with Crippen LogP contribution in [-0.4, -0.2) is 38.8 Å². The number of rotatable bonds is 4. The lowest BCUT2D eigenvalue weighted by molar-refractivity contribution is -0.168. The third-order valence-corrected chi connectivity index (χ3v) is 5.86. The third kappa shape index (κ3) is 2.92. The van der Waals surface area contributed by atoms with Gasteiger partial charge < -0.3 is 23.6 Å². The molecule has 1 aliphatic carbocycles. The lowest BCUT2D eigenvalue weighted by atomic mass is 9.88. The summed E-state index contributed by atoms with van der Waals surface area (Å²) < 4.78 is 20.3. The highest BCUT2D eigenvalue weighted by molar-refractivity contribution is 5.81. The minimum Gasteiger partial charge on any atom is -0.438 e. The summed E-state index contributed by atoms with van der Waals surface area (Å²) in [6.45, 7) is 5.71. The Morgan fingerprint density at radius 1 is 1.14 bits per heavy atom. The van der Waals surface area contributed by atoms with E-state index in [-0.39, 0.29) is 18.2 Å². The number of carbonyl (C=O) groups is 1. The van der Waals surface area contributed by atoms with Crippen molar-refractivity contribution in [3.8, 4) is 11.6 Å². The van der Waals surface area contributed by atoms with E-state index in [1.54, 1.807) is 0 Å². The van der Waals surface area contributed by atoms with Gasteiger partial charge in [-0.2, -0.15) is 0 Å². The molecule has 0 spiro atoms. The molecular formula is C22H23N3O4. The van der Waals surface area contributed by atoms with Crippen molar-refractivity contribution in [2.45, 2.75) is 51.2 Å².